The first kappa shape index (κ1) is 14.6. The van der Waals surface area contributed by atoms with Crippen molar-refractivity contribution in [2.24, 2.45) is 5.73 Å². The molecule has 0 bridgehead atoms. The summed E-state index contributed by atoms with van der Waals surface area (Å²) in [5.74, 6) is 0.883. The average molecular weight is 283 g/mol. The Morgan fingerprint density at radius 3 is 2.63 bits per heavy atom. The van der Waals surface area contributed by atoms with E-state index in [1.165, 1.54) is 6.42 Å². The third-order valence-electron chi connectivity index (χ3n) is 4.00. The fourth-order valence-corrected chi connectivity index (χ4v) is 2.79. The van der Waals surface area contributed by atoms with Crippen LogP contribution in [-0.2, 0) is 6.54 Å². The summed E-state index contributed by atoms with van der Waals surface area (Å²) >= 11 is 6.37. The zero-order chi connectivity index (χ0) is 13.8. The van der Waals surface area contributed by atoms with Crippen molar-refractivity contribution in [2.75, 3.05) is 31.1 Å². The Bertz CT molecular complexity index is 416. The Labute approximate surface area is 120 Å². The topological polar surface area (TPSA) is 45.4 Å². The molecule has 1 fully saturated rings. The van der Waals surface area contributed by atoms with Crippen LogP contribution in [0.1, 0.15) is 25.8 Å². The summed E-state index contributed by atoms with van der Waals surface area (Å²) in [7, 11) is 0. The molecule has 2 rings (SSSR count). The van der Waals surface area contributed by atoms with E-state index in [4.69, 9.17) is 17.3 Å². The molecule has 1 aromatic heterocycles. The van der Waals surface area contributed by atoms with E-state index in [9.17, 15) is 0 Å². The van der Waals surface area contributed by atoms with E-state index in [0.717, 1.165) is 37.6 Å². The molecule has 0 saturated carbocycles. The van der Waals surface area contributed by atoms with Gasteiger partial charge in [0.2, 0.25) is 0 Å². The van der Waals surface area contributed by atoms with Gasteiger partial charge in [-0.25, -0.2) is 4.98 Å². The molecule has 2 N–H and O–H groups in total. The van der Waals surface area contributed by atoms with Gasteiger partial charge in [0.25, 0.3) is 0 Å². The highest BCUT2D eigenvalue weighted by atomic mass is 35.5. The lowest BCUT2D eigenvalue weighted by Gasteiger charge is -2.38. The van der Waals surface area contributed by atoms with Crippen LogP contribution >= 0.6 is 11.6 Å². The molecular weight excluding hydrogens is 260 g/mol. The number of pyridine rings is 1. The Hall–Kier alpha value is -0.840. The second kappa shape index (κ2) is 6.55. The predicted molar refractivity (Wildman–Crippen MR) is 80.7 cm³/mol. The highest BCUT2D eigenvalue weighted by Crippen LogP contribution is 2.27. The molecule has 0 amide bonds. The van der Waals surface area contributed by atoms with Gasteiger partial charge in [0.15, 0.2) is 0 Å². The molecule has 1 saturated heterocycles. The smallest absolute Gasteiger partial charge is 0.147 e. The summed E-state index contributed by atoms with van der Waals surface area (Å²) < 4.78 is 0. The molecule has 0 aromatic carbocycles. The molecule has 1 atom stereocenters. The van der Waals surface area contributed by atoms with Crippen LogP contribution in [0.3, 0.4) is 0 Å². The Morgan fingerprint density at radius 2 is 2.05 bits per heavy atom. The van der Waals surface area contributed by atoms with Gasteiger partial charge in [0, 0.05) is 45.0 Å². The van der Waals surface area contributed by atoms with E-state index >= 15 is 0 Å². The first-order valence-corrected chi connectivity index (χ1v) is 7.37. The van der Waals surface area contributed by atoms with Gasteiger partial charge in [-0.1, -0.05) is 18.5 Å². The number of hydrogen-bond donors (Lipinski definition) is 1. The zero-order valence-corrected chi connectivity index (χ0v) is 12.5. The second-order valence-corrected chi connectivity index (χ2v) is 5.47. The molecule has 1 aromatic rings. The lowest BCUT2D eigenvalue weighted by molar-refractivity contribution is 0.192. The van der Waals surface area contributed by atoms with E-state index in [1.807, 2.05) is 6.07 Å². The highest BCUT2D eigenvalue weighted by Gasteiger charge is 2.22. The zero-order valence-electron chi connectivity index (χ0n) is 11.8. The molecule has 106 valence electrons. The summed E-state index contributed by atoms with van der Waals surface area (Å²) in [6.45, 7) is 9.08. The third kappa shape index (κ3) is 3.19. The maximum atomic E-state index is 6.37. The van der Waals surface area contributed by atoms with Crippen molar-refractivity contribution in [3.05, 3.63) is 22.8 Å². The van der Waals surface area contributed by atoms with Gasteiger partial charge in [-0.3, -0.25) is 4.90 Å². The van der Waals surface area contributed by atoms with E-state index in [-0.39, 0.29) is 0 Å². The summed E-state index contributed by atoms with van der Waals surface area (Å²) in [5, 5.41) is 0.710. The molecule has 0 spiro atoms. The van der Waals surface area contributed by atoms with Crippen molar-refractivity contribution in [3.8, 4) is 0 Å². The van der Waals surface area contributed by atoms with Crippen LogP contribution in [0.5, 0.6) is 0 Å². The molecule has 1 aliphatic heterocycles. The third-order valence-corrected chi connectivity index (χ3v) is 4.41. The molecule has 5 heteroatoms. The number of halogens is 1. The van der Waals surface area contributed by atoms with Gasteiger partial charge >= 0.3 is 0 Å². The summed E-state index contributed by atoms with van der Waals surface area (Å²) in [6, 6.07) is 2.54. The number of aromatic nitrogens is 1. The first-order chi connectivity index (χ1) is 9.17. The number of anilines is 1. The van der Waals surface area contributed by atoms with Crippen LogP contribution in [0.25, 0.3) is 0 Å². The number of nitrogens with zero attached hydrogens (tertiary/aromatic N) is 3. The SMILES string of the molecule is CCC(C)N1CCN(c2nccc(CN)c2Cl)CC1. The largest absolute Gasteiger partial charge is 0.353 e. The van der Waals surface area contributed by atoms with Crippen molar-refractivity contribution >= 4 is 17.4 Å². The van der Waals surface area contributed by atoms with Gasteiger partial charge < -0.3 is 10.6 Å². The Balaban J connectivity index is 2.06. The monoisotopic (exact) mass is 282 g/mol. The molecular formula is C14H23ClN4. The fraction of sp³-hybridized carbons (Fsp3) is 0.643. The molecule has 1 aliphatic rings. The van der Waals surface area contributed by atoms with E-state index in [2.05, 4.69) is 28.6 Å². The summed E-state index contributed by atoms with van der Waals surface area (Å²) in [6.07, 6.45) is 2.99. The number of piperazine rings is 1. The number of hydrogen-bond acceptors (Lipinski definition) is 4. The standard InChI is InChI=1S/C14H23ClN4/c1-3-11(2)18-6-8-19(9-7-18)14-13(15)12(10-16)4-5-17-14/h4-5,11H,3,6-10,16H2,1-2H3. The fourth-order valence-electron chi connectivity index (χ4n) is 2.48. The minimum Gasteiger partial charge on any atom is -0.353 e. The maximum Gasteiger partial charge on any atom is 0.147 e. The second-order valence-electron chi connectivity index (χ2n) is 5.09. The molecule has 0 aliphatic carbocycles. The van der Waals surface area contributed by atoms with Crippen molar-refractivity contribution in [2.45, 2.75) is 32.9 Å². The van der Waals surface area contributed by atoms with Gasteiger partial charge in [-0.05, 0) is 25.0 Å². The number of nitrogens with two attached hydrogens (primary N) is 1. The molecule has 1 unspecified atom stereocenters. The van der Waals surface area contributed by atoms with E-state index in [0.29, 0.717) is 17.6 Å². The number of rotatable bonds is 4. The van der Waals surface area contributed by atoms with Crippen LogP contribution in [0, 0.1) is 0 Å². The van der Waals surface area contributed by atoms with E-state index < -0.39 is 0 Å². The molecule has 0 radical (unpaired) electrons. The van der Waals surface area contributed by atoms with Crippen molar-refractivity contribution in [1.82, 2.24) is 9.88 Å². The van der Waals surface area contributed by atoms with Gasteiger partial charge in [-0.15, -0.1) is 0 Å². The predicted octanol–water partition coefficient (Wildman–Crippen LogP) is 2.11. The molecule has 19 heavy (non-hydrogen) atoms. The minimum absolute atomic E-state index is 0.460. The normalized spacial score (nSPS) is 18.6. The lowest BCUT2D eigenvalue weighted by Crippen LogP contribution is -2.49. The summed E-state index contributed by atoms with van der Waals surface area (Å²) in [4.78, 5) is 9.21. The lowest BCUT2D eigenvalue weighted by atomic mass is 10.2. The van der Waals surface area contributed by atoms with Crippen molar-refractivity contribution in [1.29, 1.82) is 0 Å². The molecule has 4 nitrogen and oxygen atoms in total. The van der Waals surface area contributed by atoms with Crippen LogP contribution in [-0.4, -0.2) is 42.1 Å². The maximum absolute atomic E-state index is 6.37. The van der Waals surface area contributed by atoms with Crippen LogP contribution in [0.15, 0.2) is 12.3 Å². The van der Waals surface area contributed by atoms with Gasteiger partial charge in [-0.2, -0.15) is 0 Å². The Morgan fingerprint density at radius 1 is 1.37 bits per heavy atom. The van der Waals surface area contributed by atoms with Crippen molar-refractivity contribution < 1.29 is 0 Å². The minimum atomic E-state index is 0.460. The van der Waals surface area contributed by atoms with Gasteiger partial charge in [0.05, 0.1) is 5.02 Å². The Kier molecular flexibility index (Phi) is 5.02. The van der Waals surface area contributed by atoms with E-state index in [1.54, 1.807) is 6.20 Å². The van der Waals surface area contributed by atoms with Crippen LogP contribution in [0.2, 0.25) is 5.02 Å². The highest BCUT2D eigenvalue weighted by molar-refractivity contribution is 6.33. The van der Waals surface area contributed by atoms with Crippen LogP contribution in [0.4, 0.5) is 5.82 Å². The van der Waals surface area contributed by atoms with Crippen LogP contribution < -0.4 is 10.6 Å². The molecule has 2 heterocycles. The first-order valence-electron chi connectivity index (χ1n) is 6.99. The quantitative estimate of drug-likeness (QED) is 0.919. The summed E-state index contributed by atoms with van der Waals surface area (Å²) in [5.41, 5.74) is 6.66. The van der Waals surface area contributed by atoms with Crippen molar-refractivity contribution in [3.63, 3.8) is 0 Å². The average Bonchev–Trinajstić information content (AvgIpc) is 2.47. The van der Waals surface area contributed by atoms with Gasteiger partial charge in [0.1, 0.15) is 5.82 Å².